The highest BCUT2D eigenvalue weighted by molar-refractivity contribution is 9.10. The smallest absolute Gasteiger partial charge is 0.197 e. The predicted molar refractivity (Wildman–Crippen MR) is 88.8 cm³/mol. The molecule has 0 aliphatic carbocycles. The van der Waals surface area contributed by atoms with Crippen LogP contribution in [0.5, 0.6) is 0 Å². The van der Waals surface area contributed by atoms with Gasteiger partial charge in [0.15, 0.2) is 5.22 Å². The molecule has 2 aromatic rings. The Bertz CT molecular complexity index is 594. The molecular formula is C15H21BrClN3O. The number of halogens is 2. The van der Waals surface area contributed by atoms with E-state index in [1.165, 1.54) is 5.69 Å². The van der Waals surface area contributed by atoms with Gasteiger partial charge in [-0.05, 0) is 60.4 Å². The molecule has 4 nitrogen and oxygen atoms in total. The van der Waals surface area contributed by atoms with Crippen molar-refractivity contribution in [3.8, 4) is 0 Å². The monoisotopic (exact) mass is 373 g/mol. The van der Waals surface area contributed by atoms with Gasteiger partial charge in [-0.15, -0.1) is 0 Å². The van der Waals surface area contributed by atoms with Crippen molar-refractivity contribution < 1.29 is 4.42 Å². The molecule has 0 radical (unpaired) electrons. The highest BCUT2D eigenvalue weighted by Crippen LogP contribution is 2.30. The van der Waals surface area contributed by atoms with Gasteiger partial charge in [0.05, 0.1) is 22.1 Å². The summed E-state index contributed by atoms with van der Waals surface area (Å²) in [5.74, 6) is 0. The van der Waals surface area contributed by atoms with E-state index in [4.69, 9.17) is 16.0 Å². The number of nitrogens with zero attached hydrogens (tertiary/aromatic N) is 2. The Hall–Kier alpha value is -0.780. The molecule has 6 heteroatoms. The molecule has 2 heterocycles. The first-order chi connectivity index (χ1) is 10.1. The van der Waals surface area contributed by atoms with Crippen LogP contribution in [0.15, 0.2) is 21.2 Å². The Labute approximate surface area is 139 Å². The van der Waals surface area contributed by atoms with Crippen molar-refractivity contribution in [1.82, 2.24) is 15.1 Å². The van der Waals surface area contributed by atoms with Crippen LogP contribution in [-0.4, -0.2) is 16.3 Å². The van der Waals surface area contributed by atoms with Crippen LogP contribution in [0, 0.1) is 6.92 Å². The second-order valence-corrected chi connectivity index (χ2v) is 6.16. The molecule has 0 aliphatic rings. The lowest BCUT2D eigenvalue weighted by Crippen LogP contribution is -2.25. The molecule has 0 amide bonds. The molecule has 2 rings (SSSR count). The summed E-state index contributed by atoms with van der Waals surface area (Å²) in [7, 11) is 0. The molecule has 0 bridgehead atoms. The van der Waals surface area contributed by atoms with Gasteiger partial charge in [0.25, 0.3) is 0 Å². The van der Waals surface area contributed by atoms with Gasteiger partial charge in [0, 0.05) is 24.6 Å². The van der Waals surface area contributed by atoms with E-state index in [0.717, 1.165) is 41.7 Å². The lowest BCUT2D eigenvalue weighted by molar-refractivity contribution is 0.492. The normalized spacial score (nSPS) is 12.8. The lowest BCUT2D eigenvalue weighted by Gasteiger charge is -2.18. The molecule has 0 aliphatic heterocycles. The van der Waals surface area contributed by atoms with Crippen LogP contribution in [0.1, 0.15) is 43.3 Å². The number of furan rings is 1. The number of rotatable bonds is 7. The van der Waals surface area contributed by atoms with Crippen LogP contribution in [0.4, 0.5) is 0 Å². The summed E-state index contributed by atoms with van der Waals surface area (Å²) in [6.07, 6.45) is 3.52. The summed E-state index contributed by atoms with van der Waals surface area (Å²) >= 11 is 9.81. The minimum atomic E-state index is 0.119. The number of hydrogen-bond acceptors (Lipinski definition) is 3. The van der Waals surface area contributed by atoms with Crippen LogP contribution in [0.25, 0.3) is 0 Å². The Balaban J connectivity index is 2.29. The summed E-state index contributed by atoms with van der Waals surface area (Å²) < 4.78 is 8.36. The van der Waals surface area contributed by atoms with E-state index in [-0.39, 0.29) is 6.04 Å². The molecule has 2 aromatic heterocycles. The van der Waals surface area contributed by atoms with E-state index in [2.05, 4.69) is 40.2 Å². The zero-order valence-corrected chi connectivity index (χ0v) is 15.0. The maximum Gasteiger partial charge on any atom is 0.197 e. The molecule has 0 saturated carbocycles. The van der Waals surface area contributed by atoms with Crippen LogP contribution >= 0.6 is 27.5 Å². The quantitative estimate of drug-likeness (QED) is 0.775. The van der Waals surface area contributed by atoms with Crippen molar-refractivity contribution in [2.24, 2.45) is 0 Å². The maximum absolute atomic E-state index is 6.16. The fraction of sp³-hybridized carbons (Fsp3) is 0.533. The van der Waals surface area contributed by atoms with Gasteiger partial charge >= 0.3 is 0 Å². The predicted octanol–water partition coefficient (Wildman–Crippen LogP) is 4.50. The fourth-order valence-corrected chi connectivity index (χ4v) is 3.11. The zero-order chi connectivity index (χ0) is 15.4. The average molecular weight is 375 g/mol. The SMILES string of the molecule is CCCNC(Cc1c(Br)c(C)nn1CC)c1ccoc1Cl. The largest absolute Gasteiger partial charge is 0.453 e. The van der Waals surface area contributed by atoms with Gasteiger partial charge in [-0.3, -0.25) is 4.68 Å². The second-order valence-electron chi connectivity index (χ2n) is 5.02. The third-order valence-electron chi connectivity index (χ3n) is 3.51. The van der Waals surface area contributed by atoms with Gasteiger partial charge in [-0.25, -0.2) is 0 Å². The molecule has 0 spiro atoms. The van der Waals surface area contributed by atoms with Gasteiger partial charge in [0.1, 0.15) is 0 Å². The van der Waals surface area contributed by atoms with E-state index in [9.17, 15) is 0 Å². The van der Waals surface area contributed by atoms with Crippen LogP contribution in [-0.2, 0) is 13.0 Å². The van der Waals surface area contributed by atoms with Crippen LogP contribution in [0.3, 0.4) is 0 Å². The van der Waals surface area contributed by atoms with Crippen molar-refractivity contribution in [3.63, 3.8) is 0 Å². The molecule has 21 heavy (non-hydrogen) atoms. The summed E-state index contributed by atoms with van der Waals surface area (Å²) in [4.78, 5) is 0. The summed E-state index contributed by atoms with van der Waals surface area (Å²) in [5.41, 5.74) is 3.19. The molecule has 1 unspecified atom stereocenters. The Morgan fingerprint density at radius 1 is 1.48 bits per heavy atom. The topological polar surface area (TPSA) is 43.0 Å². The molecule has 1 N–H and O–H groups in total. The second kappa shape index (κ2) is 7.47. The number of nitrogens with one attached hydrogen (secondary N) is 1. The minimum absolute atomic E-state index is 0.119. The zero-order valence-electron chi connectivity index (χ0n) is 12.6. The Kier molecular flexibility index (Phi) is 5.90. The van der Waals surface area contributed by atoms with Gasteiger partial charge < -0.3 is 9.73 Å². The van der Waals surface area contributed by atoms with Gasteiger partial charge in [-0.2, -0.15) is 5.10 Å². The fourth-order valence-electron chi connectivity index (χ4n) is 2.42. The standard InChI is InChI=1S/C15H21BrClN3O/c1-4-7-18-12(11-6-8-21-15(11)17)9-13-14(16)10(3)19-20(13)5-2/h6,8,12,18H,4-5,7,9H2,1-3H3. The minimum Gasteiger partial charge on any atom is -0.453 e. The van der Waals surface area contributed by atoms with E-state index >= 15 is 0 Å². The summed E-state index contributed by atoms with van der Waals surface area (Å²) in [6, 6.07) is 2.05. The van der Waals surface area contributed by atoms with Crippen molar-refractivity contribution in [2.75, 3.05) is 6.54 Å². The first kappa shape index (κ1) is 16.6. The highest BCUT2D eigenvalue weighted by atomic mass is 79.9. The van der Waals surface area contributed by atoms with Gasteiger partial charge in [-0.1, -0.05) is 6.92 Å². The average Bonchev–Trinajstić information content (AvgIpc) is 3.01. The lowest BCUT2D eigenvalue weighted by atomic mass is 10.0. The third kappa shape index (κ3) is 3.71. The van der Waals surface area contributed by atoms with E-state index in [0.29, 0.717) is 5.22 Å². The molecule has 0 aromatic carbocycles. The Morgan fingerprint density at radius 3 is 2.81 bits per heavy atom. The first-order valence-electron chi connectivity index (χ1n) is 7.26. The van der Waals surface area contributed by atoms with Gasteiger partial charge in [0.2, 0.25) is 0 Å². The number of aromatic nitrogens is 2. The summed E-state index contributed by atoms with van der Waals surface area (Å²) in [6.45, 7) is 8.04. The van der Waals surface area contributed by atoms with E-state index in [1.807, 2.05) is 17.7 Å². The molecule has 116 valence electrons. The molecular weight excluding hydrogens is 354 g/mol. The van der Waals surface area contributed by atoms with Crippen molar-refractivity contribution in [2.45, 2.75) is 46.2 Å². The number of aryl methyl sites for hydroxylation is 2. The first-order valence-corrected chi connectivity index (χ1v) is 8.43. The number of hydrogen-bond donors (Lipinski definition) is 1. The summed E-state index contributed by atoms with van der Waals surface area (Å²) in [5, 5.41) is 8.55. The molecule has 1 atom stereocenters. The van der Waals surface area contributed by atoms with E-state index in [1.54, 1.807) is 6.26 Å². The van der Waals surface area contributed by atoms with Crippen molar-refractivity contribution >= 4 is 27.5 Å². The van der Waals surface area contributed by atoms with Crippen LogP contribution in [0.2, 0.25) is 5.22 Å². The van der Waals surface area contributed by atoms with E-state index < -0.39 is 0 Å². The Morgan fingerprint density at radius 2 is 2.24 bits per heavy atom. The van der Waals surface area contributed by atoms with Crippen LogP contribution < -0.4 is 5.32 Å². The van der Waals surface area contributed by atoms with Crippen molar-refractivity contribution in [3.05, 3.63) is 39.0 Å². The third-order valence-corrected chi connectivity index (χ3v) is 4.85. The molecule has 0 fully saturated rings. The maximum atomic E-state index is 6.16. The van der Waals surface area contributed by atoms with Crippen molar-refractivity contribution in [1.29, 1.82) is 0 Å². The molecule has 0 saturated heterocycles. The highest BCUT2D eigenvalue weighted by Gasteiger charge is 2.21.